The Bertz CT molecular complexity index is 665. The van der Waals surface area contributed by atoms with Crippen molar-refractivity contribution in [2.75, 3.05) is 6.54 Å². The Hall–Kier alpha value is -2.54. The number of primary amides is 1. The highest BCUT2D eigenvalue weighted by atomic mass is 35.5. The van der Waals surface area contributed by atoms with Crippen LogP contribution in [0.15, 0.2) is 35.5 Å². The summed E-state index contributed by atoms with van der Waals surface area (Å²) in [5, 5.41) is 3.21. The second kappa shape index (κ2) is 6.58. The van der Waals surface area contributed by atoms with E-state index in [4.69, 9.17) is 11.5 Å². The van der Waals surface area contributed by atoms with Crippen LogP contribution in [0.3, 0.4) is 0 Å². The fourth-order valence-corrected chi connectivity index (χ4v) is 1.64. The van der Waals surface area contributed by atoms with Crippen LogP contribution >= 0.6 is 12.4 Å². The molecule has 6 N–H and O–H groups in total. The molecule has 8 heteroatoms. The highest BCUT2D eigenvalue weighted by molar-refractivity contribution is 6.10. The number of carbonyl (C=O) groups is 2. The number of para-hydroxylation sites is 1. The first-order valence-electron chi connectivity index (χ1n) is 5.54. The van der Waals surface area contributed by atoms with Crippen molar-refractivity contribution in [3.05, 3.63) is 36.0 Å². The molecule has 20 heavy (non-hydrogen) atoms. The van der Waals surface area contributed by atoms with Gasteiger partial charge in [-0.1, -0.05) is 18.2 Å². The fourth-order valence-electron chi connectivity index (χ4n) is 1.64. The van der Waals surface area contributed by atoms with Crippen molar-refractivity contribution < 1.29 is 9.59 Å². The summed E-state index contributed by atoms with van der Waals surface area (Å²) in [5.41, 5.74) is 11.7. The fraction of sp³-hybridized carbons (Fsp3) is 0.0833. The number of aliphatic imine (C=N–C) groups is 1. The van der Waals surface area contributed by atoms with Gasteiger partial charge in [0.25, 0.3) is 5.91 Å². The van der Waals surface area contributed by atoms with E-state index in [1.807, 2.05) is 24.3 Å². The number of nitrogens with two attached hydrogens (primary N) is 2. The van der Waals surface area contributed by atoms with Crippen molar-refractivity contribution in [2.24, 2.45) is 16.5 Å². The zero-order chi connectivity index (χ0) is 13.8. The first-order chi connectivity index (χ1) is 9.08. The van der Waals surface area contributed by atoms with Crippen LogP contribution in [-0.4, -0.2) is 29.3 Å². The number of benzene rings is 1. The Labute approximate surface area is 120 Å². The molecule has 7 nitrogen and oxygen atoms in total. The van der Waals surface area contributed by atoms with Gasteiger partial charge in [0, 0.05) is 17.1 Å². The molecule has 0 saturated carbocycles. The molecule has 2 aromatic rings. The van der Waals surface area contributed by atoms with Crippen LogP contribution in [0.4, 0.5) is 0 Å². The third-order valence-corrected chi connectivity index (χ3v) is 2.49. The van der Waals surface area contributed by atoms with E-state index < -0.39 is 11.8 Å². The molecule has 0 fully saturated rings. The van der Waals surface area contributed by atoms with Gasteiger partial charge in [0.1, 0.15) is 0 Å². The van der Waals surface area contributed by atoms with Crippen LogP contribution in [-0.2, 0) is 4.79 Å². The quantitative estimate of drug-likeness (QED) is 0.474. The van der Waals surface area contributed by atoms with Gasteiger partial charge in [0.15, 0.2) is 5.96 Å². The lowest BCUT2D eigenvalue weighted by Gasteiger charge is -2.01. The van der Waals surface area contributed by atoms with Crippen LogP contribution < -0.4 is 16.8 Å². The number of H-pyrrole nitrogens is 1. The summed E-state index contributed by atoms with van der Waals surface area (Å²) >= 11 is 0. The van der Waals surface area contributed by atoms with Gasteiger partial charge in [-0.15, -0.1) is 12.4 Å². The van der Waals surface area contributed by atoms with Crippen LogP contribution in [0.25, 0.3) is 10.9 Å². The monoisotopic (exact) mass is 295 g/mol. The maximum absolute atomic E-state index is 11.9. The van der Waals surface area contributed by atoms with E-state index >= 15 is 0 Å². The van der Waals surface area contributed by atoms with E-state index in [0.717, 1.165) is 10.9 Å². The molecule has 0 saturated heterocycles. The summed E-state index contributed by atoms with van der Waals surface area (Å²) in [6.07, 6.45) is 1.57. The number of halogens is 1. The van der Waals surface area contributed by atoms with Crippen LogP contribution in [0.5, 0.6) is 0 Å². The molecular formula is C12H14ClN5O2. The van der Waals surface area contributed by atoms with Crippen LogP contribution in [0.1, 0.15) is 10.4 Å². The number of nitrogens with zero attached hydrogens (tertiary/aromatic N) is 1. The van der Waals surface area contributed by atoms with Gasteiger partial charge in [0.2, 0.25) is 5.91 Å². The summed E-state index contributed by atoms with van der Waals surface area (Å²) in [6, 6.07) is 7.34. The molecule has 0 atom stereocenters. The Balaban J connectivity index is 0.00000200. The highest BCUT2D eigenvalue weighted by Crippen LogP contribution is 2.18. The van der Waals surface area contributed by atoms with E-state index in [0.29, 0.717) is 5.56 Å². The van der Waals surface area contributed by atoms with Gasteiger partial charge in [0.05, 0.1) is 12.1 Å². The lowest BCUT2D eigenvalue weighted by molar-refractivity contribution is -0.116. The Morgan fingerprint density at radius 2 is 1.95 bits per heavy atom. The number of aromatic nitrogens is 1. The van der Waals surface area contributed by atoms with Gasteiger partial charge >= 0.3 is 0 Å². The van der Waals surface area contributed by atoms with E-state index in [1.54, 1.807) is 6.20 Å². The average molecular weight is 296 g/mol. The van der Waals surface area contributed by atoms with Crippen molar-refractivity contribution in [3.63, 3.8) is 0 Å². The topological polar surface area (TPSA) is 126 Å². The molecule has 0 aliphatic rings. The predicted octanol–water partition coefficient (Wildman–Crippen LogP) is 0.120. The smallest absolute Gasteiger partial charge is 0.282 e. The molecule has 2 rings (SSSR count). The zero-order valence-electron chi connectivity index (χ0n) is 10.4. The number of amides is 2. The largest absolute Gasteiger partial charge is 0.370 e. The van der Waals surface area contributed by atoms with E-state index in [-0.39, 0.29) is 24.9 Å². The molecule has 0 unspecified atom stereocenters. The van der Waals surface area contributed by atoms with Crippen molar-refractivity contribution in [2.45, 2.75) is 0 Å². The van der Waals surface area contributed by atoms with Crippen molar-refractivity contribution in [1.82, 2.24) is 10.3 Å². The Morgan fingerprint density at radius 3 is 2.65 bits per heavy atom. The van der Waals surface area contributed by atoms with Crippen molar-refractivity contribution in [3.8, 4) is 0 Å². The Kier molecular flexibility index (Phi) is 5.10. The van der Waals surface area contributed by atoms with Crippen molar-refractivity contribution >= 4 is 41.1 Å². The third-order valence-electron chi connectivity index (χ3n) is 2.49. The van der Waals surface area contributed by atoms with Gasteiger partial charge in [-0.3, -0.25) is 9.59 Å². The van der Waals surface area contributed by atoms with Gasteiger partial charge in [-0.05, 0) is 6.07 Å². The van der Waals surface area contributed by atoms with E-state index in [2.05, 4.69) is 15.3 Å². The number of aromatic amines is 1. The van der Waals surface area contributed by atoms with E-state index in [1.165, 1.54) is 0 Å². The number of hydrogen-bond acceptors (Lipinski definition) is 2. The van der Waals surface area contributed by atoms with Crippen LogP contribution in [0, 0.1) is 0 Å². The van der Waals surface area contributed by atoms with Gasteiger partial charge in [-0.2, -0.15) is 4.99 Å². The molecule has 2 amide bonds. The molecule has 1 aromatic carbocycles. The first-order valence-corrected chi connectivity index (χ1v) is 5.54. The van der Waals surface area contributed by atoms with E-state index in [9.17, 15) is 9.59 Å². The maximum Gasteiger partial charge on any atom is 0.282 e. The van der Waals surface area contributed by atoms with Gasteiger partial charge in [-0.25, -0.2) is 0 Å². The number of carbonyl (C=O) groups excluding carboxylic acids is 2. The number of rotatable bonds is 3. The molecule has 0 spiro atoms. The number of fused-ring (bicyclic) bond motifs is 1. The summed E-state index contributed by atoms with van der Waals surface area (Å²) < 4.78 is 0. The molecule has 1 heterocycles. The molecule has 0 bridgehead atoms. The lowest BCUT2D eigenvalue weighted by atomic mass is 10.2. The standard InChI is InChI=1S/C12H13N5O2.ClH/c13-10(18)6-16-12(14)17-11(19)8-5-15-9-4-2-1-3-7(8)9;/h1-5,15H,6H2,(H2,13,18)(H3,14,16,17,19);1H. The minimum Gasteiger partial charge on any atom is -0.370 e. The number of hydrogen-bond donors (Lipinski definition) is 4. The first kappa shape index (κ1) is 15.5. The zero-order valence-corrected chi connectivity index (χ0v) is 11.2. The molecular weight excluding hydrogens is 282 g/mol. The summed E-state index contributed by atoms with van der Waals surface area (Å²) in [7, 11) is 0. The SMILES string of the molecule is Cl.NC(=O)CNC(N)=NC(=O)c1c[nH]c2ccccc12. The lowest BCUT2D eigenvalue weighted by Crippen LogP contribution is -2.38. The molecule has 1 aromatic heterocycles. The summed E-state index contributed by atoms with van der Waals surface area (Å²) in [6.45, 7) is -0.170. The molecule has 0 aliphatic carbocycles. The summed E-state index contributed by atoms with van der Waals surface area (Å²) in [4.78, 5) is 29.1. The maximum atomic E-state index is 11.9. The Morgan fingerprint density at radius 1 is 1.25 bits per heavy atom. The van der Waals surface area contributed by atoms with Crippen molar-refractivity contribution in [1.29, 1.82) is 0 Å². The highest BCUT2D eigenvalue weighted by Gasteiger charge is 2.11. The molecule has 0 radical (unpaired) electrons. The second-order valence-corrected chi connectivity index (χ2v) is 3.87. The minimum absolute atomic E-state index is 0. The predicted molar refractivity (Wildman–Crippen MR) is 78.7 cm³/mol. The normalized spacial score (nSPS) is 10.9. The molecule has 106 valence electrons. The molecule has 0 aliphatic heterocycles. The second-order valence-electron chi connectivity index (χ2n) is 3.87. The van der Waals surface area contributed by atoms with Crippen LogP contribution in [0.2, 0.25) is 0 Å². The van der Waals surface area contributed by atoms with Gasteiger partial charge < -0.3 is 21.8 Å². The number of nitrogens with one attached hydrogen (secondary N) is 2. The average Bonchev–Trinajstić information content (AvgIpc) is 2.80. The summed E-state index contributed by atoms with van der Waals surface area (Å²) in [5.74, 6) is -1.22. The minimum atomic E-state index is -0.585. The number of guanidine groups is 1. The third kappa shape index (κ3) is 3.48.